The van der Waals surface area contributed by atoms with Crippen molar-refractivity contribution in [2.45, 2.75) is 57.2 Å². The van der Waals surface area contributed by atoms with Crippen LogP contribution in [0.1, 0.15) is 39.0 Å². The zero-order valence-electron chi connectivity index (χ0n) is 11.0. The lowest BCUT2D eigenvalue weighted by molar-refractivity contribution is 0.0704. The average molecular weight is 238 g/mol. The maximum atomic E-state index is 5.52. The zero-order valence-corrected chi connectivity index (χ0v) is 11.0. The second-order valence-corrected chi connectivity index (χ2v) is 6.23. The lowest BCUT2D eigenvalue weighted by Gasteiger charge is -2.29. The molecule has 2 atom stereocenters. The van der Waals surface area contributed by atoms with Crippen molar-refractivity contribution in [1.82, 2.24) is 10.6 Å². The lowest BCUT2D eigenvalue weighted by atomic mass is 10.0. The Morgan fingerprint density at radius 3 is 2.47 bits per heavy atom. The molecule has 1 aliphatic heterocycles. The third-order valence-corrected chi connectivity index (χ3v) is 4.37. The van der Waals surface area contributed by atoms with Crippen molar-refractivity contribution >= 4 is 0 Å². The smallest absolute Gasteiger partial charge is 0.0620 e. The zero-order chi connectivity index (χ0) is 11.7. The molecule has 0 amide bonds. The Labute approximate surface area is 105 Å². The summed E-state index contributed by atoms with van der Waals surface area (Å²) in [5.74, 6) is 2.00. The van der Waals surface area contributed by atoms with Crippen LogP contribution in [0.3, 0.4) is 0 Å². The molecule has 0 radical (unpaired) electrons. The van der Waals surface area contributed by atoms with Gasteiger partial charge >= 0.3 is 0 Å². The van der Waals surface area contributed by atoms with E-state index in [1.54, 1.807) is 0 Å². The summed E-state index contributed by atoms with van der Waals surface area (Å²) in [5, 5.41) is 7.44. The topological polar surface area (TPSA) is 33.3 Å². The maximum Gasteiger partial charge on any atom is 0.0620 e. The molecule has 0 spiro atoms. The summed E-state index contributed by atoms with van der Waals surface area (Å²) in [4.78, 5) is 0. The number of ether oxygens (including phenoxy) is 1. The molecular weight excluding hydrogens is 212 g/mol. The summed E-state index contributed by atoms with van der Waals surface area (Å²) < 4.78 is 5.52. The molecule has 2 unspecified atom stereocenters. The number of morpholine rings is 1. The van der Waals surface area contributed by atoms with Gasteiger partial charge in [-0.25, -0.2) is 0 Å². The predicted molar refractivity (Wildman–Crippen MR) is 69.1 cm³/mol. The quantitative estimate of drug-likeness (QED) is 0.736. The first kappa shape index (κ1) is 11.9. The third-order valence-electron chi connectivity index (χ3n) is 4.37. The number of nitrogens with one attached hydrogen (secondary N) is 2. The van der Waals surface area contributed by atoms with Gasteiger partial charge in [-0.2, -0.15) is 0 Å². The van der Waals surface area contributed by atoms with E-state index in [1.807, 2.05) is 0 Å². The van der Waals surface area contributed by atoms with E-state index in [4.69, 9.17) is 4.74 Å². The summed E-state index contributed by atoms with van der Waals surface area (Å²) in [6, 6.07) is 2.01. The molecule has 3 heteroatoms. The number of rotatable bonds is 6. The van der Waals surface area contributed by atoms with E-state index < -0.39 is 0 Å². The van der Waals surface area contributed by atoms with E-state index in [0.717, 1.165) is 37.6 Å². The first-order chi connectivity index (χ1) is 8.33. The molecular formula is C14H26N2O. The predicted octanol–water partition coefficient (Wildman–Crippen LogP) is 1.53. The molecule has 2 aliphatic carbocycles. The van der Waals surface area contributed by atoms with Crippen molar-refractivity contribution in [2.75, 3.05) is 19.8 Å². The van der Waals surface area contributed by atoms with Crippen molar-refractivity contribution < 1.29 is 4.74 Å². The van der Waals surface area contributed by atoms with Crippen molar-refractivity contribution in [2.24, 2.45) is 11.8 Å². The van der Waals surface area contributed by atoms with Crippen LogP contribution in [0.4, 0.5) is 0 Å². The minimum absolute atomic E-state index is 0.560. The van der Waals surface area contributed by atoms with Gasteiger partial charge in [0.25, 0.3) is 0 Å². The van der Waals surface area contributed by atoms with Crippen LogP contribution in [0.15, 0.2) is 0 Å². The summed E-state index contributed by atoms with van der Waals surface area (Å²) in [6.07, 6.45) is 7.06. The monoisotopic (exact) mass is 238 g/mol. The average Bonchev–Trinajstić information content (AvgIpc) is 3.19. The molecule has 1 saturated heterocycles. The Morgan fingerprint density at radius 2 is 1.94 bits per heavy atom. The third kappa shape index (κ3) is 3.43. The molecule has 17 heavy (non-hydrogen) atoms. The standard InChI is InChI=1S/C14H26N2O/c1-10(8-13-9-17-7-6-15-13)16-14(11-2-3-11)12-4-5-12/h10-16H,2-9H2,1H3. The Kier molecular flexibility index (Phi) is 3.69. The second-order valence-electron chi connectivity index (χ2n) is 6.23. The van der Waals surface area contributed by atoms with Gasteiger partial charge in [-0.15, -0.1) is 0 Å². The van der Waals surface area contributed by atoms with Gasteiger partial charge in [0.15, 0.2) is 0 Å². The minimum Gasteiger partial charge on any atom is -0.379 e. The molecule has 0 aromatic rings. The SMILES string of the molecule is CC(CC1COCCN1)NC(C1CC1)C1CC1. The van der Waals surface area contributed by atoms with Crippen LogP contribution in [-0.4, -0.2) is 37.9 Å². The van der Waals surface area contributed by atoms with Gasteiger partial charge < -0.3 is 15.4 Å². The molecule has 2 saturated carbocycles. The molecule has 0 aromatic heterocycles. The summed E-state index contributed by atoms with van der Waals surface area (Å²) in [5.41, 5.74) is 0. The van der Waals surface area contributed by atoms with Crippen LogP contribution in [0, 0.1) is 11.8 Å². The van der Waals surface area contributed by atoms with E-state index in [9.17, 15) is 0 Å². The first-order valence-corrected chi connectivity index (χ1v) is 7.40. The Hall–Kier alpha value is -0.120. The van der Waals surface area contributed by atoms with Crippen LogP contribution in [-0.2, 0) is 4.74 Å². The fraction of sp³-hybridized carbons (Fsp3) is 1.00. The van der Waals surface area contributed by atoms with Crippen LogP contribution in [0.25, 0.3) is 0 Å². The van der Waals surface area contributed by atoms with Crippen LogP contribution in [0.2, 0.25) is 0 Å². The molecule has 0 bridgehead atoms. The highest BCUT2D eigenvalue weighted by atomic mass is 16.5. The van der Waals surface area contributed by atoms with Crippen molar-refractivity contribution in [3.05, 3.63) is 0 Å². The van der Waals surface area contributed by atoms with E-state index in [-0.39, 0.29) is 0 Å². The largest absolute Gasteiger partial charge is 0.379 e. The number of hydrogen-bond donors (Lipinski definition) is 2. The molecule has 0 aromatic carbocycles. The summed E-state index contributed by atoms with van der Waals surface area (Å²) in [7, 11) is 0. The van der Waals surface area contributed by atoms with Gasteiger partial charge in [0, 0.05) is 24.7 Å². The first-order valence-electron chi connectivity index (χ1n) is 7.40. The minimum atomic E-state index is 0.560. The Bertz CT molecular complexity index is 233. The molecule has 98 valence electrons. The van der Waals surface area contributed by atoms with Crippen LogP contribution >= 0.6 is 0 Å². The molecule has 3 aliphatic rings. The Balaban J connectivity index is 1.43. The lowest BCUT2D eigenvalue weighted by Crippen LogP contribution is -2.47. The molecule has 3 fully saturated rings. The normalized spacial score (nSPS) is 31.8. The molecule has 1 heterocycles. The summed E-state index contributed by atoms with van der Waals surface area (Å²) in [6.45, 7) is 5.13. The fourth-order valence-electron chi connectivity index (χ4n) is 3.16. The van der Waals surface area contributed by atoms with Gasteiger partial charge in [-0.05, 0) is 50.9 Å². The van der Waals surface area contributed by atoms with Crippen molar-refractivity contribution in [3.8, 4) is 0 Å². The van der Waals surface area contributed by atoms with Gasteiger partial charge in [-0.1, -0.05) is 0 Å². The highest BCUT2D eigenvalue weighted by Crippen LogP contribution is 2.44. The molecule has 3 rings (SSSR count). The van der Waals surface area contributed by atoms with Crippen LogP contribution < -0.4 is 10.6 Å². The summed E-state index contributed by atoms with van der Waals surface area (Å²) >= 11 is 0. The highest BCUT2D eigenvalue weighted by Gasteiger charge is 2.41. The van der Waals surface area contributed by atoms with E-state index in [1.165, 1.54) is 32.1 Å². The van der Waals surface area contributed by atoms with Crippen LogP contribution in [0.5, 0.6) is 0 Å². The Morgan fingerprint density at radius 1 is 1.24 bits per heavy atom. The van der Waals surface area contributed by atoms with Crippen molar-refractivity contribution in [3.63, 3.8) is 0 Å². The van der Waals surface area contributed by atoms with E-state index in [2.05, 4.69) is 17.6 Å². The molecule has 2 N–H and O–H groups in total. The van der Waals surface area contributed by atoms with Crippen molar-refractivity contribution in [1.29, 1.82) is 0 Å². The number of hydrogen-bond acceptors (Lipinski definition) is 3. The second kappa shape index (κ2) is 5.25. The maximum absolute atomic E-state index is 5.52. The molecule has 3 nitrogen and oxygen atoms in total. The van der Waals surface area contributed by atoms with Gasteiger partial charge in [-0.3, -0.25) is 0 Å². The van der Waals surface area contributed by atoms with Gasteiger partial charge in [0.1, 0.15) is 0 Å². The van der Waals surface area contributed by atoms with Gasteiger partial charge in [0.05, 0.1) is 13.2 Å². The van der Waals surface area contributed by atoms with E-state index >= 15 is 0 Å². The highest BCUT2D eigenvalue weighted by molar-refractivity contribution is 4.97. The van der Waals surface area contributed by atoms with Gasteiger partial charge in [0.2, 0.25) is 0 Å². The van der Waals surface area contributed by atoms with E-state index in [0.29, 0.717) is 12.1 Å². The fourth-order valence-corrected chi connectivity index (χ4v) is 3.16.